The highest BCUT2D eigenvalue weighted by Gasteiger charge is 2.36. The van der Waals surface area contributed by atoms with Crippen molar-refractivity contribution in [2.24, 2.45) is 5.41 Å². The fraction of sp³-hybridized carbons (Fsp3) is 0.455. The lowest BCUT2D eigenvalue weighted by Crippen LogP contribution is -2.21. The van der Waals surface area contributed by atoms with Gasteiger partial charge in [0.2, 0.25) is 0 Å². The average molecular weight is 422 g/mol. The van der Waals surface area contributed by atoms with E-state index in [4.69, 9.17) is 10.1 Å². The fourth-order valence-electron chi connectivity index (χ4n) is 4.58. The first-order chi connectivity index (χ1) is 14.9. The summed E-state index contributed by atoms with van der Waals surface area (Å²) in [5.41, 5.74) is 4.46. The smallest absolute Gasteiger partial charge is 0.0999 e. The monoisotopic (exact) mass is 421 g/mol. The zero-order chi connectivity index (χ0) is 21.6. The minimum Gasteiger partial charge on any atom is -0.394 e. The van der Waals surface area contributed by atoms with Gasteiger partial charge in [0.25, 0.3) is 0 Å². The number of nitrogens with zero attached hydrogens (tertiary/aromatic N) is 7. The summed E-state index contributed by atoms with van der Waals surface area (Å²) in [5.74, 6) is 0. The van der Waals surface area contributed by atoms with Gasteiger partial charge in [0.05, 0.1) is 67.0 Å². The molecule has 2 atom stereocenters. The van der Waals surface area contributed by atoms with E-state index in [2.05, 4.69) is 40.0 Å². The molecule has 2 N–H and O–H groups in total. The lowest BCUT2D eigenvalue weighted by molar-refractivity contribution is 0.0783. The first-order valence-electron chi connectivity index (χ1n) is 10.7. The van der Waals surface area contributed by atoms with Gasteiger partial charge in [-0.25, -0.2) is 9.50 Å². The van der Waals surface area contributed by atoms with Gasteiger partial charge in [0.15, 0.2) is 0 Å². The molecule has 0 aliphatic heterocycles. The Hall–Kier alpha value is -3.04. The maximum atomic E-state index is 9.68. The van der Waals surface area contributed by atoms with Crippen LogP contribution in [-0.2, 0) is 6.54 Å². The second-order valence-corrected chi connectivity index (χ2v) is 9.03. The minimum absolute atomic E-state index is 0.220. The number of hydrogen-bond donors (Lipinski definition) is 2. The van der Waals surface area contributed by atoms with Gasteiger partial charge in [-0.05, 0) is 24.3 Å². The summed E-state index contributed by atoms with van der Waals surface area (Å²) in [7, 11) is 0. The van der Waals surface area contributed by atoms with E-state index in [1.807, 2.05) is 29.2 Å². The highest BCUT2D eigenvalue weighted by Crippen LogP contribution is 2.45. The average Bonchev–Trinajstić information content (AvgIpc) is 3.53. The molecule has 0 spiro atoms. The lowest BCUT2D eigenvalue weighted by Gasteiger charge is -2.27. The lowest BCUT2D eigenvalue weighted by atomic mass is 9.87. The first-order valence-corrected chi connectivity index (χ1v) is 10.7. The van der Waals surface area contributed by atoms with Crippen LogP contribution in [-0.4, -0.2) is 57.1 Å². The van der Waals surface area contributed by atoms with Crippen molar-refractivity contribution in [1.82, 2.24) is 34.2 Å². The van der Waals surface area contributed by atoms with Gasteiger partial charge in [-0.1, -0.05) is 20.3 Å². The van der Waals surface area contributed by atoms with Gasteiger partial charge in [0.1, 0.15) is 0 Å². The van der Waals surface area contributed by atoms with Crippen LogP contribution < -0.4 is 0 Å². The van der Waals surface area contributed by atoms with Crippen LogP contribution in [0.25, 0.3) is 28.0 Å². The molecule has 1 saturated carbocycles. The summed E-state index contributed by atoms with van der Waals surface area (Å²) in [6, 6.07) is 2.34. The van der Waals surface area contributed by atoms with Crippen LogP contribution in [0.4, 0.5) is 0 Å². The molecule has 1 aliphatic carbocycles. The van der Waals surface area contributed by atoms with Gasteiger partial charge in [0, 0.05) is 23.5 Å². The quantitative estimate of drug-likeness (QED) is 0.496. The highest BCUT2D eigenvalue weighted by atomic mass is 16.3. The molecule has 0 bridgehead atoms. The SMILES string of the molecule is CC1(C)CCCC1n1cc(-c2nc(-c3cnn(CC(O)CO)c3)cn3nccc23)cn1. The highest BCUT2D eigenvalue weighted by molar-refractivity contribution is 5.78. The summed E-state index contributed by atoms with van der Waals surface area (Å²) in [6.45, 7) is 4.53. The molecule has 4 aromatic heterocycles. The van der Waals surface area contributed by atoms with Crippen molar-refractivity contribution < 1.29 is 10.2 Å². The summed E-state index contributed by atoms with van der Waals surface area (Å²) in [4.78, 5) is 4.92. The molecule has 0 aromatic carbocycles. The molecule has 4 aromatic rings. The minimum atomic E-state index is -0.851. The first kappa shape index (κ1) is 19.9. The van der Waals surface area contributed by atoms with Crippen molar-refractivity contribution in [3.63, 3.8) is 0 Å². The Morgan fingerprint density at radius 3 is 2.74 bits per heavy atom. The molecule has 1 aliphatic rings. The Morgan fingerprint density at radius 1 is 1.13 bits per heavy atom. The van der Waals surface area contributed by atoms with E-state index in [1.165, 1.54) is 12.8 Å². The van der Waals surface area contributed by atoms with E-state index in [-0.39, 0.29) is 18.6 Å². The summed E-state index contributed by atoms with van der Waals surface area (Å²) in [5, 5.41) is 32.1. The van der Waals surface area contributed by atoms with E-state index in [0.29, 0.717) is 6.04 Å². The summed E-state index contributed by atoms with van der Waals surface area (Å²) in [6.07, 6.45) is 13.8. The summed E-state index contributed by atoms with van der Waals surface area (Å²) < 4.78 is 5.51. The van der Waals surface area contributed by atoms with Gasteiger partial charge in [-0.15, -0.1) is 0 Å². The van der Waals surface area contributed by atoms with Crippen LogP contribution in [0.15, 0.2) is 43.2 Å². The van der Waals surface area contributed by atoms with E-state index < -0.39 is 6.10 Å². The predicted molar refractivity (Wildman–Crippen MR) is 115 cm³/mol. The third-order valence-corrected chi connectivity index (χ3v) is 6.32. The molecular formula is C22H27N7O2. The van der Waals surface area contributed by atoms with Crippen LogP contribution in [0.3, 0.4) is 0 Å². The van der Waals surface area contributed by atoms with Crippen molar-refractivity contribution in [3.8, 4) is 22.5 Å². The van der Waals surface area contributed by atoms with E-state index >= 15 is 0 Å². The third-order valence-electron chi connectivity index (χ3n) is 6.32. The molecule has 1 fully saturated rings. The topological polar surface area (TPSA) is 106 Å². The molecule has 0 radical (unpaired) electrons. The fourth-order valence-corrected chi connectivity index (χ4v) is 4.58. The van der Waals surface area contributed by atoms with Crippen LogP contribution in [0.1, 0.15) is 39.2 Å². The van der Waals surface area contributed by atoms with Crippen LogP contribution in [0.5, 0.6) is 0 Å². The molecule has 0 saturated heterocycles. The number of rotatable bonds is 6. The van der Waals surface area contributed by atoms with Crippen molar-refractivity contribution in [2.75, 3.05) is 6.61 Å². The maximum Gasteiger partial charge on any atom is 0.0999 e. The molecule has 9 heteroatoms. The molecule has 2 unspecified atom stereocenters. The second-order valence-electron chi connectivity index (χ2n) is 9.03. The van der Waals surface area contributed by atoms with Crippen LogP contribution in [0.2, 0.25) is 0 Å². The number of fused-ring (bicyclic) bond motifs is 1. The largest absolute Gasteiger partial charge is 0.394 e. The molecule has 31 heavy (non-hydrogen) atoms. The second kappa shape index (κ2) is 7.58. The van der Waals surface area contributed by atoms with Gasteiger partial charge < -0.3 is 10.2 Å². The zero-order valence-electron chi connectivity index (χ0n) is 17.8. The molecule has 9 nitrogen and oxygen atoms in total. The molecule has 4 heterocycles. The molecule has 162 valence electrons. The molecule has 0 amide bonds. The van der Waals surface area contributed by atoms with E-state index in [1.54, 1.807) is 17.1 Å². The standard InChI is InChI=1S/C22H27N7O2/c1-22(2)6-3-4-20(22)29-11-16(9-25-29)21-19-5-7-23-28(19)13-18(26-21)15-8-24-27(10-15)12-17(31)14-30/h5,7-11,13,17,20,30-31H,3-4,6,12,14H2,1-2H3. The Bertz CT molecular complexity index is 1210. The normalized spacial score (nSPS) is 19.3. The molecular weight excluding hydrogens is 394 g/mol. The Morgan fingerprint density at radius 2 is 1.97 bits per heavy atom. The third kappa shape index (κ3) is 3.64. The number of aliphatic hydroxyl groups is 2. The maximum absolute atomic E-state index is 9.68. The predicted octanol–water partition coefficient (Wildman–Crippen LogP) is 2.56. The Labute approximate surface area is 180 Å². The zero-order valence-corrected chi connectivity index (χ0v) is 17.8. The van der Waals surface area contributed by atoms with E-state index in [0.717, 1.165) is 34.5 Å². The Balaban J connectivity index is 1.52. The number of aliphatic hydroxyl groups excluding tert-OH is 2. The van der Waals surface area contributed by atoms with Crippen molar-refractivity contribution >= 4 is 5.52 Å². The van der Waals surface area contributed by atoms with Crippen molar-refractivity contribution in [2.45, 2.75) is 51.8 Å². The van der Waals surface area contributed by atoms with Crippen molar-refractivity contribution in [1.29, 1.82) is 0 Å². The van der Waals surface area contributed by atoms with E-state index in [9.17, 15) is 5.11 Å². The van der Waals surface area contributed by atoms with Crippen LogP contribution >= 0.6 is 0 Å². The van der Waals surface area contributed by atoms with Crippen LogP contribution in [0, 0.1) is 5.41 Å². The van der Waals surface area contributed by atoms with Gasteiger partial charge in [-0.2, -0.15) is 15.3 Å². The van der Waals surface area contributed by atoms with Crippen molar-refractivity contribution in [3.05, 3.63) is 43.2 Å². The molecule has 5 rings (SSSR count). The summed E-state index contributed by atoms with van der Waals surface area (Å²) >= 11 is 0. The number of hydrogen-bond acceptors (Lipinski definition) is 6. The number of aromatic nitrogens is 7. The van der Waals surface area contributed by atoms with Gasteiger partial charge in [-0.3, -0.25) is 9.36 Å². The Kier molecular flexibility index (Phi) is 4.86. The van der Waals surface area contributed by atoms with Gasteiger partial charge >= 0.3 is 0 Å².